The van der Waals surface area contributed by atoms with E-state index >= 15 is 0 Å². The number of carbonyl (C=O) groups excluding carboxylic acids is 1. The van der Waals surface area contributed by atoms with Gasteiger partial charge in [0.25, 0.3) is 0 Å². The van der Waals surface area contributed by atoms with Crippen LogP contribution in [0.15, 0.2) is 12.7 Å². The lowest BCUT2D eigenvalue weighted by Crippen LogP contribution is -2.43. The maximum absolute atomic E-state index is 11.3. The third-order valence-electron chi connectivity index (χ3n) is 1.87. The lowest BCUT2D eigenvalue weighted by molar-refractivity contribution is -0.183. The molecule has 0 N–H and O–H groups in total. The molecule has 0 aliphatic carbocycles. The van der Waals surface area contributed by atoms with Crippen molar-refractivity contribution in [1.29, 1.82) is 0 Å². The number of rotatable bonds is 2. The van der Waals surface area contributed by atoms with Crippen LogP contribution >= 0.6 is 0 Å². The molecule has 0 atom stereocenters. The summed E-state index contributed by atoms with van der Waals surface area (Å²) in [5.74, 6) is -0.364. The molecule has 0 unspecified atom stereocenters. The van der Waals surface area contributed by atoms with Crippen LogP contribution in [0.2, 0.25) is 0 Å². The van der Waals surface area contributed by atoms with E-state index in [0.717, 1.165) is 0 Å². The highest BCUT2D eigenvalue weighted by Crippen LogP contribution is 2.24. The quantitative estimate of drug-likeness (QED) is 0.445. The van der Waals surface area contributed by atoms with Gasteiger partial charge >= 0.3 is 5.97 Å². The number of methoxy groups -OCH3 is 1. The lowest BCUT2D eigenvalue weighted by atomic mass is 9.90. The first kappa shape index (κ1) is 9.22. The van der Waals surface area contributed by atoms with Gasteiger partial charge in [-0.2, -0.15) is 0 Å². The molecular weight excluding hydrogens is 160 g/mol. The van der Waals surface area contributed by atoms with Crippen molar-refractivity contribution in [1.82, 2.24) is 0 Å². The molecule has 1 aliphatic heterocycles. The molecule has 1 heterocycles. The molecule has 68 valence electrons. The minimum absolute atomic E-state index is 0.229. The average molecular weight is 172 g/mol. The maximum Gasteiger partial charge on any atom is 0.320 e. The van der Waals surface area contributed by atoms with Gasteiger partial charge in [-0.05, 0) is 0 Å². The molecule has 0 aromatic heterocycles. The second kappa shape index (κ2) is 3.69. The Bertz CT molecular complexity index is 181. The molecule has 1 rings (SSSR count). The molecule has 0 bridgehead atoms. The lowest BCUT2D eigenvalue weighted by Gasteiger charge is -2.30. The van der Waals surface area contributed by atoms with Crippen LogP contribution < -0.4 is 0 Å². The van der Waals surface area contributed by atoms with Gasteiger partial charge in [-0.1, -0.05) is 6.08 Å². The van der Waals surface area contributed by atoms with Gasteiger partial charge in [-0.25, -0.2) is 0 Å². The minimum atomic E-state index is -0.812. The Balaban J connectivity index is 2.72. The van der Waals surface area contributed by atoms with Gasteiger partial charge < -0.3 is 14.2 Å². The van der Waals surface area contributed by atoms with Crippen LogP contribution in [0, 0.1) is 5.41 Å². The van der Waals surface area contributed by atoms with E-state index in [-0.39, 0.29) is 26.0 Å². The summed E-state index contributed by atoms with van der Waals surface area (Å²) in [6.45, 7) is 4.36. The third-order valence-corrected chi connectivity index (χ3v) is 1.87. The smallest absolute Gasteiger partial charge is 0.320 e. The van der Waals surface area contributed by atoms with Crippen molar-refractivity contribution in [2.24, 2.45) is 5.41 Å². The minimum Gasteiger partial charge on any atom is -0.468 e. The number of carbonyl (C=O) groups is 1. The third kappa shape index (κ3) is 1.49. The van der Waals surface area contributed by atoms with Crippen LogP contribution in [0.4, 0.5) is 0 Å². The Morgan fingerprint density at radius 3 is 2.58 bits per heavy atom. The van der Waals surface area contributed by atoms with Crippen LogP contribution in [0.1, 0.15) is 0 Å². The van der Waals surface area contributed by atoms with Crippen molar-refractivity contribution >= 4 is 5.97 Å². The first-order valence-corrected chi connectivity index (χ1v) is 3.63. The summed E-state index contributed by atoms with van der Waals surface area (Å²) in [5.41, 5.74) is -0.812. The highest BCUT2D eigenvalue weighted by atomic mass is 16.7. The van der Waals surface area contributed by atoms with Crippen molar-refractivity contribution in [3.63, 3.8) is 0 Å². The van der Waals surface area contributed by atoms with Crippen molar-refractivity contribution < 1.29 is 19.0 Å². The molecule has 0 aromatic rings. The predicted octanol–water partition coefficient (Wildman–Crippen LogP) is 0.336. The van der Waals surface area contributed by atoms with E-state index in [2.05, 4.69) is 11.3 Å². The van der Waals surface area contributed by atoms with E-state index in [9.17, 15) is 4.79 Å². The molecule has 0 spiro atoms. The molecule has 1 aliphatic rings. The largest absolute Gasteiger partial charge is 0.468 e. The Kier molecular flexibility index (Phi) is 2.83. The predicted molar refractivity (Wildman–Crippen MR) is 41.4 cm³/mol. The van der Waals surface area contributed by atoms with E-state index in [4.69, 9.17) is 9.47 Å². The summed E-state index contributed by atoms with van der Waals surface area (Å²) < 4.78 is 14.6. The Hall–Kier alpha value is -0.870. The second-order valence-corrected chi connectivity index (χ2v) is 2.67. The van der Waals surface area contributed by atoms with Gasteiger partial charge in [0.15, 0.2) is 0 Å². The van der Waals surface area contributed by atoms with Gasteiger partial charge in [0.2, 0.25) is 0 Å². The Labute approximate surface area is 71.1 Å². The first-order chi connectivity index (χ1) is 5.75. The summed E-state index contributed by atoms with van der Waals surface area (Å²) in [6.07, 6.45) is 1.51. The number of hydrogen-bond acceptors (Lipinski definition) is 4. The topological polar surface area (TPSA) is 44.8 Å². The standard InChI is InChI=1S/C8H12O4/c1-3-8(7(9)10-2)4-11-6-12-5-8/h3H,1,4-6H2,2H3. The molecule has 0 aromatic carbocycles. The maximum atomic E-state index is 11.3. The monoisotopic (exact) mass is 172 g/mol. The summed E-state index contributed by atoms with van der Waals surface area (Å²) in [4.78, 5) is 11.3. The summed E-state index contributed by atoms with van der Waals surface area (Å²) in [5, 5.41) is 0. The molecule has 0 amide bonds. The highest BCUT2D eigenvalue weighted by Gasteiger charge is 2.39. The number of hydrogen-bond donors (Lipinski definition) is 0. The van der Waals surface area contributed by atoms with E-state index in [1.807, 2.05) is 0 Å². The number of ether oxygens (including phenoxy) is 3. The van der Waals surface area contributed by atoms with E-state index in [1.165, 1.54) is 13.2 Å². The fourth-order valence-corrected chi connectivity index (χ4v) is 1.07. The highest BCUT2D eigenvalue weighted by molar-refractivity contribution is 5.79. The van der Waals surface area contributed by atoms with Crippen LogP contribution in [0.25, 0.3) is 0 Å². The van der Waals surface area contributed by atoms with Crippen molar-refractivity contribution in [3.05, 3.63) is 12.7 Å². The molecule has 4 heteroatoms. The molecule has 0 radical (unpaired) electrons. The molecule has 0 saturated carbocycles. The average Bonchev–Trinajstić information content (AvgIpc) is 2.17. The molecule has 1 saturated heterocycles. The van der Waals surface area contributed by atoms with Gasteiger partial charge in [0, 0.05) is 0 Å². The van der Waals surface area contributed by atoms with Gasteiger partial charge in [-0.3, -0.25) is 4.79 Å². The van der Waals surface area contributed by atoms with Gasteiger partial charge in [0.1, 0.15) is 12.2 Å². The summed E-state index contributed by atoms with van der Waals surface area (Å²) in [7, 11) is 1.34. The second-order valence-electron chi connectivity index (χ2n) is 2.67. The number of esters is 1. The van der Waals surface area contributed by atoms with Crippen molar-refractivity contribution in [2.45, 2.75) is 0 Å². The first-order valence-electron chi connectivity index (χ1n) is 3.63. The van der Waals surface area contributed by atoms with Crippen LogP contribution in [0.3, 0.4) is 0 Å². The van der Waals surface area contributed by atoms with E-state index in [1.54, 1.807) is 0 Å². The summed E-state index contributed by atoms with van der Waals surface area (Å²) in [6, 6.07) is 0. The van der Waals surface area contributed by atoms with E-state index in [0.29, 0.717) is 0 Å². The van der Waals surface area contributed by atoms with Crippen molar-refractivity contribution in [3.8, 4) is 0 Å². The molecule has 1 fully saturated rings. The Morgan fingerprint density at radius 2 is 2.17 bits per heavy atom. The van der Waals surface area contributed by atoms with Crippen LogP contribution in [-0.2, 0) is 19.0 Å². The normalized spacial score (nSPS) is 21.4. The fourth-order valence-electron chi connectivity index (χ4n) is 1.07. The van der Waals surface area contributed by atoms with Crippen molar-refractivity contribution in [2.75, 3.05) is 27.1 Å². The summed E-state index contributed by atoms with van der Waals surface area (Å²) >= 11 is 0. The zero-order chi connectivity index (χ0) is 9.03. The van der Waals surface area contributed by atoms with Gasteiger partial charge in [0.05, 0.1) is 20.3 Å². The zero-order valence-corrected chi connectivity index (χ0v) is 7.04. The molecule has 12 heavy (non-hydrogen) atoms. The van der Waals surface area contributed by atoms with E-state index < -0.39 is 5.41 Å². The SMILES string of the molecule is C=CC1(C(=O)OC)COCOC1. The van der Waals surface area contributed by atoms with Crippen LogP contribution in [0.5, 0.6) is 0 Å². The zero-order valence-electron chi connectivity index (χ0n) is 7.04. The molecular formula is C8H12O4. The Morgan fingerprint density at radius 1 is 1.58 bits per heavy atom. The van der Waals surface area contributed by atoms with Crippen LogP contribution in [-0.4, -0.2) is 33.1 Å². The van der Waals surface area contributed by atoms with Gasteiger partial charge in [-0.15, -0.1) is 6.58 Å². The fraction of sp³-hybridized carbons (Fsp3) is 0.625. The molecule has 4 nitrogen and oxygen atoms in total.